The number of nitrogens with zero attached hydrogens (tertiary/aromatic N) is 2. The van der Waals surface area contributed by atoms with Crippen molar-refractivity contribution in [2.75, 3.05) is 19.7 Å². The molecule has 0 saturated carbocycles. The lowest BCUT2D eigenvalue weighted by atomic mass is 9.74. The smallest absolute Gasteiger partial charge is 0.410 e. The van der Waals surface area contributed by atoms with Crippen molar-refractivity contribution in [1.29, 1.82) is 5.26 Å². The molecule has 0 bridgehead atoms. The van der Waals surface area contributed by atoms with Crippen LogP contribution in [0.4, 0.5) is 13.6 Å². The highest BCUT2D eigenvalue weighted by molar-refractivity contribution is 5.70. The molecule has 0 spiro atoms. The van der Waals surface area contributed by atoms with E-state index in [4.69, 9.17) is 9.47 Å². The highest BCUT2D eigenvalue weighted by atomic mass is 19.3. The fourth-order valence-electron chi connectivity index (χ4n) is 2.65. The minimum Gasteiger partial charge on any atom is -0.444 e. The summed E-state index contributed by atoms with van der Waals surface area (Å²) in [6, 6.07) is 11.0. The van der Waals surface area contributed by atoms with Gasteiger partial charge < -0.3 is 14.4 Å². The summed E-state index contributed by atoms with van der Waals surface area (Å²) in [5.41, 5.74) is -1.71. The van der Waals surface area contributed by atoms with Crippen LogP contribution in [0.3, 0.4) is 0 Å². The maximum absolute atomic E-state index is 14.5. The van der Waals surface area contributed by atoms with Crippen molar-refractivity contribution in [3.63, 3.8) is 0 Å². The molecule has 0 aliphatic carbocycles. The van der Waals surface area contributed by atoms with Crippen LogP contribution in [0.15, 0.2) is 30.3 Å². The molecular weight excluding hydrogens is 342 g/mol. The molecule has 2 rings (SSSR count). The molecule has 5 nitrogen and oxygen atoms in total. The minimum absolute atomic E-state index is 0.169. The third-order valence-electron chi connectivity index (χ3n) is 4.16. The Morgan fingerprint density at radius 2 is 1.88 bits per heavy atom. The Morgan fingerprint density at radius 3 is 2.42 bits per heavy atom. The SMILES string of the molecule is CC(C)(C)OC(=O)N1CC(C#N)(C(F)(F)CCOCc2ccccc2)C1. The summed E-state index contributed by atoms with van der Waals surface area (Å²) in [4.78, 5) is 13.0. The highest BCUT2D eigenvalue weighted by Gasteiger charge is 2.62. The standard InChI is InChI=1S/C19H24F2N2O3/c1-17(2,3)26-16(24)23-13-18(12-22,14-23)19(20,21)9-10-25-11-15-7-5-4-6-8-15/h4-8H,9-11,13-14H2,1-3H3. The van der Waals surface area contributed by atoms with Gasteiger partial charge in [-0.2, -0.15) is 5.26 Å². The molecule has 7 heteroatoms. The van der Waals surface area contributed by atoms with Crippen LogP contribution in [-0.2, 0) is 16.1 Å². The van der Waals surface area contributed by atoms with Crippen LogP contribution in [0.1, 0.15) is 32.8 Å². The van der Waals surface area contributed by atoms with Gasteiger partial charge in [0.2, 0.25) is 0 Å². The van der Waals surface area contributed by atoms with Gasteiger partial charge in [0.15, 0.2) is 5.41 Å². The first-order valence-corrected chi connectivity index (χ1v) is 8.47. The number of rotatable bonds is 6. The van der Waals surface area contributed by atoms with E-state index in [-0.39, 0.29) is 26.3 Å². The Balaban J connectivity index is 1.84. The number of halogens is 2. The zero-order chi connectivity index (χ0) is 19.4. The number of carbonyl (C=O) groups is 1. The number of hydrogen-bond acceptors (Lipinski definition) is 4. The van der Waals surface area contributed by atoms with Gasteiger partial charge in [-0.1, -0.05) is 30.3 Å². The van der Waals surface area contributed by atoms with Crippen molar-refractivity contribution < 1.29 is 23.0 Å². The lowest BCUT2D eigenvalue weighted by molar-refractivity contribution is -0.166. The fraction of sp³-hybridized carbons (Fsp3) is 0.579. The van der Waals surface area contributed by atoms with Gasteiger partial charge >= 0.3 is 6.09 Å². The average Bonchev–Trinajstić information content (AvgIpc) is 2.50. The van der Waals surface area contributed by atoms with Gasteiger partial charge in [0.1, 0.15) is 5.60 Å². The number of alkyl halides is 2. The Bertz CT molecular complexity index is 660. The summed E-state index contributed by atoms with van der Waals surface area (Å²) >= 11 is 0. The van der Waals surface area contributed by atoms with Crippen LogP contribution < -0.4 is 0 Å². The van der Waals surface area contributed by atoms with Gasteiger partial charge in [-0.3, -0.25) is 0 Å². The van der Waals surface area contributed by atoms with E-state index in [0.29, 0.717) is 0 Å². The first kappa shape index (κ1) is 20.1. The lowest BCUT2D eigenvalue weighted by Crippen LogP contribution is -2.66. The molecule has 1 saturated heterocycles. The largest absolute Gasteiger partial charge is 0.444 e. The van der Waals surface area contributed by atoms with Crippen LogP contribution in [0, 0.1) is 16.7 Å². The van der Waals surface area contributed by atoms with E-state index in [0.717, 1.165) is 10.5 Å². The molecule has 1 aliphatic rings. The molecular formula is C19H24F2N2O3. The summed E-state index contributed by atoms with van der Waals surface area (Å²) in [7, 11) is 0. The summed E-state index contributed by atoms with van der Waals surface area (Å²) in [5, 5.41) is 9.29. The molecule has 1 aliphatic heterocycles. The number of ether oxygens (including phenoxy) is 2. The van der Waals surface area contributed by atoms with E-state index >= 15 is 0 Å². The monoisotopic (exact) mass is 366 g/mol. The molecule has 0 N–H and O–H groups in total. The average molecular weight is 366 g/mol. The van der Waals surface area contributed by atoms with Crippen LogP contribution in [-0.4, -0.2) is 42.2 Å². The molecule has 1 aromatic rings. The van der Waals surface area contributed by atoms with Crippen LogP contribution in [0.2, 0.25) is 0 Å². The highest BCUT2D eigenvalue weighted by Crippen LogP contribution is 2.46. The van der Waals surface area contributed by atoms with Gasteiger partial charge in [-0.25, -0.2) is 13.6 Å². The molecule has 0 unspecified atom stereocenters. The maximum Gasteiger partial charge on any atom is 0.410 e. The number of nitriles is 1. The van der Waals surface area contributed by atoms with E-state index in [1.807, 2.05) is 30.3 Å². The normalized spacial score (nSPS) is 16.5. The zero-order valence-electron chi connectivity index (χ0n) is 15.3. The first-order chi connectivity index (χ1) is 12.1. The lowest BCUT2D eigenvalue weighted by Gasteiger charge is -2.48. The van der Waals surface area contributed by atoms with Gasteiger partial charge in [0.05, 0.1) is 32.4 Å². The Morgan fingerprint density at radius 1 is 1.27 bits per heavy atom. The van der Waals surface area contributed by atoms with E-state index in [1.165, 1.54) is 0 Å². The van der Waals surface area contributed by atoms with E-state index in [2.05, 4.69) is 0 Å². The number of hydrogen-bond donors (Lipinski definition) is 0. The van der Waals surface area contributed by atoms with E-state index < -0.39 is 29.5 Å². The Hall–Kier alpha value is -2.20. The van der Waals surface area contributed by atoms with Crippen molar-refractivity contribution in [1.82, 2.24) is 4.90 Å². The number of amides is 1. The van der Waals surface area contributed by atoms with Crippen molar-refractivity contribution >= 4 is 6.09 Å². The van der Waals surface area contributed by atoms with Gasteiger partial charge in [0.25, 0.3) is 5.92 Å². The van der Waals surface area contributed by atoms with E-state index in [9.17, 15) is 18.8 Å². The Labute approximate surface area is 152 Å². The van der Waals surface area contributed by atoms with Crippen LogP contribution in [0.5, 0.6) is 0 Å². The molecule has 1 amide bonds. The summed E-state index contributed by atoms with van der Waals surface area (Å²) < 4.78 is 39.5. The van der Waals surface area contributed by atoms with Crippen molar-refractivity contribution in [2.24, 2.45) is 5.41 Å². The second-order valence-electron chi connectivity index (χ2n) is 7.52. The molecule has 142 valence electrons. The van der Waals surface area contributed by atoms with E-state index in [1.54, 1.807) is 26.8 Å². The predicted molar refractivity (Wildman–Crippen MR) is 91.5 cm³/mol. The molecule has 1 heterocycles. The quantitative estimate of drug-likeness (QED) is 0.714. The minimum atomic E-state index is -3.25. The van der Waals surface area contributed by atoms with Crippen LogP contribution in [0.25, 0.3) is 0 Å². The van der Waals surface area contributed by atoms with Gasteiger partial charge in [-0.15, -0.1) is 0 Å². The second-order valence-corrected chi connectivity index (χ2v) is 7.52. The molecule has 0 aromatic heterocycles. The summed E-state index contributed by atoms with van der Waals surface area (Å²) in [6.45, 7) is 4.47. The second kappa shape index (κ2) is 7.58. The molecule has 1 aromatic carbocycles. The Kier molecular flexibility index (Phi) is 5.87. The predicted octanol–water partition coefficient (Wildman–Crippen LogP) is 3.99. The van der Waals surface area contributed by atoms with Gasteiger partial charge in [0, 0.05) is 6.42 Å². The summed E-state index contributed by atoms with van der Waals surface area (Å²) in [5.74, 6) is -3.25. The summed E-state index contributed by atoms with van der Waals surface area (Å²) in [6.07, 6.45) is -1.25. The first-order valence-electron chi connectivity index (χ1n) is 8.47. The molecule has 1 fully saturated rings. The van der Waals surface area contributed by atoms with Gasteiger partial charge in [-0.05, 0) is 26.3 Å². The van der Waals surface area contributed by atoms with Crippen molar-refractivity contribution in [3.8, 4) is 6.07 Å². The zero-order valence-corrected chi connectivity index (χ0v) is 15.3. The van der Waals surface area contributed by atoms with Crippen molar-refractivity contribution in [2.45, 2.75) is 45.3 Å². The molecule has 26 heavy (non-hydrogen) atoms. The third kappa shape index (κ3) is 4.70. The fourth-order valence-corrected chi connectivity index (χ4v) is 2.65. The molecule has 0 radical (unpaired) electrons. The number of carbonyl (C=O) groups excluding carboxylic acids is 1. The van der Waals surface area contributed by atoms with Crippen LogP contribution >= 0.6 is 0 Å². The maximum atomic E-state index is 14.5. The third-order valence-corrected chi connectivity index (χ3v) is 4.16. The number of benzene rings is 1. The van der Waals surface area contributed by atoms with Crippen molar-refractivity contribution in [3.05, 3.63) is 35.9 Å². The molecule has 0 atom stereocenters. The topological polar surface area (TPSA) is 62.6 Å². The number of likely N-dealkylation sites (tertiary alicyclic amines) is 1.